The maximum atomic E-state index is 12.0. The molecule has 0 aliphatic rings. The first-order chi connectivity index (χ1) is 8.33. The Hall–Kier alpha value is -2.61. The lowest BCUT2D eigenvalue weighted by Gasteiger charge is -2.05. The molecule has 5 nitrogen and oxygen atoms in total. The molecule has 0 spiro atoms. The van der Waals surface area contributed by atoms with Crippen molar-refractivity contribution in [1.29, 1.82) is 5.26 Å². The number of hydrogen-bond donors (Lipinski definition) is 0. The van der Waals surface area contributed by atoms with E-state index in [0.29, 0.717) is 5.69 Å². The van der Waals surface area contributed by atoms with Crippen molar-refractivity contribution in [2.24, 2.45) is 0 Å². The average molecular weight is 224 g/mol. The maximum absolute atomic E-state index is 12.0. The fourth-order valence-electron chi connectivity index (χ4n) is 1.36. The monoisotopic (exact) mass is 224 g/mol. The second-order valence-corrected chi connectivity index (χ2v) is 3.25. The Morgan fingerprint density at radius 2 is 1.82 bits per heavy atom. The van der Waals surface area contributed by atoms with Crippen molar-refractivity contribution in [3.63, 3.8) is 0 Å². The summed E-state index contributed by atoms with van der Waals surface area (Å²) in [4.78, 5) is 23.7. The van der Waals surface area contributed by atoms with Crippen LogP contribution in [0.2, 0.25) is 0 Å². The molecule has 17 heavy (non-hydrogen) atoms. The topological polar surface area (TPSA) is 79.5 Å². The van der Waals surface area contributed by atoms with Gasteiger partial charge in [0.05, 0.1) is 11.8 Å². The Bertz CT molecular complexity index is 548. The molecule has 0 N–H and O–H groups in total. The summed E-state index contributed by atoms with van der Waals surface area (Å²) in [7, 11) is 0. The summed E-state index contributed by atoms with van der Waals surface area (Å²) in [6.07, 6.45) is 4.47. The molecule has 0 fully saturated rings. The van der Waals surface area contributed by atoms with Gasteiger partial charge in [0.1, 0.15) is 0 Å². The van der Waals surface area contributed by atoms with Crippen LogP contribution >= 0.6 is 0 Å². The highest BCUT2D eigenvalue weighted by molar-refractivity contribution is 5.99. The summed E-state index contributed by atoms with van der Waals surface area (Å²) in [6, 6.07) is 8.62. The first kappa shape index (κ1) is 10.9. The van der Waals surface area contributed by atoms with Gasteiger partial charge in [-0.25, -0.2) is 9.97 Å². The molecule has 1 unspecified atom stereocenters. The molecule has 5 heteroatoms. The average Bonchev–Trinajstić information content (AvgIpc) is 2.42. The summed E-state index contributed by atoms with van der Waals surface area (Å²) in [5, 5.41) is 9.04. The van der Waals surface area contributed by atoms with Crippen LogP contribution in [-0.4, -0.2) is 20.7 Å². The molecule has 0 bridgehead atoms. The minimum absolute atomic E-state index is 0.0321. The van der Waals surface area contributed by atoms with Gasteiger partial charge in [-0.2, -0.15) is 5.26 Å². The molecule has 0 saturated heterocycles. The van der Waals surface area contributed by atoms with Gasteiger partial charge in [0.15, 0.2) is 11.7 Å². The normalized spacial score (nSPS) is 11.5. The number of carbonyl (C=O) groups is 1. The van der Waals surface area contributed by atoms with Crippen molar-refractivity contribution in [3.8, 4) is 6.07 Å². The van der Waals surface area contributed by atoms with Gasteiger partial charge >= 0.3 is 0 Å². The van der Waals surface area contributed by atoms with E-state index in [1.807, 2.05) is 6.07 Å². The number of pyridine rings is 1. The van der Waals surface area contributed by atoms with Crippen LogP contribution in [0.15, 0.2) is 42.9 Å². The zero-order valence-electron chi connectivity index (χ0n) is 8.82. The number of nitriles is 1. The van der Waals surface area contributed by atoms with Crippen LogP contribution in [0.5, 0.6) is 0 Å². The Kier molecular flexibility index (Phi) is 3.17. The number of aromatic nitrogens is 3. The summed E-state index contributed by atoms with van der Waals surface area (Å²) in [5.41, 5.74) is 0.410. The largest absolute Gasteiger partial charge is 0.289 e. The van der Waals surface area contributed by atoms with E-state index in [0.717, 1.165) is 0 Å². The molecule has 0 amide bonds. The Labute approximate surface area is 97.8 Å². The number of nitrogens with zero attached hydrogens (tertiary/aromatic N) is 4. The molecule has 2 aromatic heterocycles. The van der Waals surface area contributed by atoms with Crippen LogP contribution in [0, 0.1) is 11.3 Å². The molecule has 0 aliphatic heterocycles. The molecule has 0 aromatic carbocycles. The molecule has 2 heterocycles. The smallest absolute Gasteiger partial charge is 0.223 e. The fraction of sp³-hybridized carbons (Fsp3) is 0.0833. The van der Waals surface area contributed by atoms with Gasteiger partial charge in [0, 0.05) is 18.6 Å². The molecular weight excluding hydrogens is 216 g/mol. The van der Waals surface area contributed by atoms with Crippen LogP contribution < -0.4 is 0 Å². The second-order valence-electron chi connectivity index (χ2n) is 3.25. The zero-order valence-corrected chi connectivity index (χ0v) is 8.82. The van der Waals surface area contributed by atoms with Crippen molar-refractivity contribution in [1.82, 2.24) is 15.0 Å². The lowest BCUT2D eigenvalue weighted by atomic mass is 10.0. The van der Waals surface area contributed by atoms with Gasteiger partial charge in [0.25, 0.3) is 0 Å². The van der Waals surface area contributed by atoms with Crippen molar-refractivity contribution in [3.05, 3.63) is 54.4 Å². The number of Topliss-reactive ketones (excluding diaryl/α,β-unsaturated/α-hetero) is 1. The van der Waals surface area contributed by atoms with E-state index in [1.165, 1.54) is 12.4 Å². The standard InChI is InChI=1S/C12H8N4O/c13-8-9(10-4-1-2-5-14-10)11(17)12-15-6-3-7-16-12/h1-7,9H. The molecule has 1 atom stereocenters. The SMILES string of the molecule is N#CC(C(=O)c1ncccn1)c1ccccn1. The highest BCUT2D eigenvalue weighted by Gasteiger charge is 2.24. The van der Waals surface area contributed by atoms with Crippen molar-refractivity contribution in [2.75, 3.05) is 0 Å². The van der Waals surface area contributed by atoms with Gasteiger partial charge in [-0.05, 0) is 18.2 Å². The van der Waals surface area contributed by atoms with Gasteiger partial charge in [0.2, 0.25) is 5.78 Å². The minimum Gasteiger partial charge on any atom is -0.289 e. The Balaban J connectivity index is 2.33. The summed E-state index contributed by atoms with van der Waals surface area (Å²) < 4.78 is 0. The van der Waals surface area contributed by atoms with Gasteiger partial charge in [-0.15, -0.1) is 0 Å². The van der Waals surface area contributed by atoms with E-state index in [9.17, 15) is 4.79 Å². The number of ketones is 1. The fourth-order valence-corrected chi connectivity index (χ4v) is 1.36. The lowest BCUT2D eigenvalue weighted by molar-refractivity contribution is 0.0967. The summed E-state index contributed by atoms with van der Waals surface area (Å²) in [6.45, 7) is 0. The third kappa shape index (κ3) is 2.32. The van der Waals surface area contributed by atoms with E-state index in [2.05, 4.69) is 15.0 Å². The summed E-state index contributed by atoms with van der Waals surface area (Å²) in [5.74, 6) is -1.37. The molecule has 0 aliphatic carbocycles. The Morgan fingerprint density at radius 1 is 1.12 bits per heavy atom. The van der Waals surface area contributed by atoms with Crippen molar-refractivity contribution >= 4 is 5.78 Å². The van der Waals surface area contributed by atoms with Crippen molar-refractivity contribution < 1.29 is 4.79 Å². The highest BCUT2D eigenvalue weighted by atomic mass is 16.1. The van der Waals surface area contributed by atoms with Crippen molar-refractivity contribution in [2.45, 2.75) is 5.92 Å². The maximum Gasteiger partial charge on any atom is 0.223 e. The van der Waals surface area contributed by atoms with Gasteiger partial charge in [-0.1, -0.05) is 6.07 Å². The lowest BCUT2D eigenvalue weighted by Crippen LogP contribution is -2.15. The quantitative estimate of drug-likeness (QED) is 0.735. The summed E-state index contributed by atoms with van der Waals surface area (Å²) >= 11 is 0. The molecule has 2 aromatic rings. The van der Waals surface area contributed by atoms with E-state index in [1.54, 1.807) is 30.5 Å². The minimum atomic E-state index is -0.960. The zero-order chi connectivity index (χ0) is 12.1. The molecule has 0 radical (unpaired) electrons. The van der Waals surface area contributed by atoms with Gasteiger partial charge in [-0.3, -0.25) is 9.78 Å². The number of carbonyl (C=O) groups excluding carboxylic acids is 1. The van der Waals surface area contributed by atoms with Crippen LogP contribution in [-0.2, 0) is 0 Å². The third-order valence-electron chi connectivity index (χ3n) is 2.16. The van der Waals surface area contributed by atoms with Crippen LogP contribution in [0.3, 0.4) is 0 Å². The van der Waals surface area contributed by atoms with Crippen LogP contribution in [0.25, 0.3) is 0 Å². The first-order valence-electron chi connectivity index (χ1n) is 4.94. The highest BCUT2D eigenvalue weighted by Crippen LogP contribution is 2.15. The van der Waals surface area contributed by atoms with Crippen LogP contribution in [0.1, 0.15) is 22.2 Å². The molecule has 2 rings (SSSR count). The molecule has 82 valence electrons. The van der Waals surface area contributed by atoms with E-state index >= 15 is 0 Å². The van der Waals surface area contributed by atoms with E-state index < -0.39 is 11.7 Å². The molecule has 0 saturated carbocycles. The first-order valence-corrected chi connectivity index (χ1v) is 4.94. The van der Waals surface area contributed by atoms with Gasteiger partial charge < -0.3 is 0 Å². The van der Waals surface area contributed by atoms with E-state index in [-0.39, 0.29) is 5.82 Å². The predicted octanol–water partition coefficient (Wildman–Crippen LogP) is 1.36. The van der Waals surface area contributed by atoms with Crippen LogP contribution in [0.4, 0.5) is 0 Å². The van der Waals surface area contributed by atoms with E-state index in [4.69, 9.17) is 5.26 Å². The third-order valence-corrected chi connectivity index (χ3v) is 2.16. The number of rotatable bonds is 3. The predicted molar refractivity (Wildman–Crippen MR) is 59.0 cm³/mol. The number of hydrogen-bond acceptors (Lipinski definition) is 5. The molecular formula is C12H8N4O. The Morgan fingerprint density at radius 3 is 2.41 bits per heavy atom. The second kappa shape index (κ2) is 4.94.